The summed E-state index contributed by atoms with van der Waals surface area (Å²) in [5.74, 6) is 0.572. The van der Waals surface area contributed by atoms with E-state index in [4.69, 9.17) is 9.47 Å². The standard InChI is InChI=1S/C16H19N3O3/c1-9-11(6-17)14-12(7-18-9)13-5-10(21-14)8-19(13)15(20)22-16(2,3)4/h7,10,13H,5,8H2,1-4H3/t10-,13-/m0/s1. The van der Waals surface area contributed by atoms with Crippen molar-refractivity contribution in [3.05, 3.63) is 23.0 Å². The third-order valence-corrected chi connectivity index (χ3v) is 3.89. The maximum absolute atomic E-state index is 12.4. The lowest BCUT2D eigenvalue weighted by Crippen LogP contribution is -2.36. The Hall–Kier alpha value is -2.29. The number of rotatable bonds is 0. The average molecular weight is 301 g/mol. The molecular formula is C16H19N3O3. The number of fused-ring (bicyclic) bond motifs is 4. The van der Waals surface area contributed by atoms with Gasteiger partial charge in [-0.05, 0) is 27.7 Å². The van der Waals surface area contributed by atoms with Gasteiger partial charge in [-0.15, -0.1) is 0 Å². The molecule has 2 bridgehead atoms. The highest BCUT2D eigenvalue weighted by Crippen LogP contribution is 2.45. The Morgan fingerprint density at radius 2 is 2.27 bits per heavy atom. The third kappa shape index (κ3) is 2.37. The van der Waals surface area contributed by atoms with E-state index in [1.807, 2.05) is 20.8 Å². The van der Waals surface area contributed by atoms with Gasteiger partial charge in [-0.25, -0.2) is 4.79 Å². The van der Waals surface area contributed by atoms with E-state index in [1.54, 1.807) is 18.0 Å². The maximum Gasteiger partial charge on any atom is 0.410 e. The molecule has 1 aromatic rings. The zero-order valence-corrected chi connectivity index (χ0v) is 13.2. The van der Waals surface area contributed by atoms with Crippen LogP contribution in [0.1, 0.15) is 50.1 Å². The van der Waals surface area contributed by atoms with Gasteiger partial charge in [0, 0.05) is 18.2 Å². The number of aryl methyl sites for hydroxylation is 1. The molecule has 116 valence electrons. The Balaban J connectivity index is 1.96. The van der Waals surface area contributed by atoms with Crippen LogP contribution >= 0.6 is 0 Å². The lowest BCUT2D eigenvalue weighted by molar-refractivity contribution is 0.0222. The van der Waals surface area contributed by atoms with Crippen LogP contribution in [0.2, 0.25) is 0 Å². The van der Waals surface area contributed by atoms with E-state index in [0.717, 1.165) is 5.56 Å². The Bertz CT molecular complexity index is 672. The van der Waals surface area contributed by atoms with Crippen molar-refractivity contribution >= 4 is 6.09 Å². The van der Waals surface area contributed by atoms with Gasteiger partial charge in [-0.1, -0.05) is 0 Å². The number of hydrogen-bond donors (Lipinski definition) is 0. The molecule has 22 heavy (non-hydrogen) atoms. The summed E-state index contributed by atoms with van der Waals surface area (Å²) in [6.07, 6.45) is 1.96. The van der Waals surface area contributed by atoms with Crippen LogP contribution in [0, 0.1) is 18.3 Å². The highest BCUT2D eigenvalue weighted by Gasteiger charge is 2.45. The maximum atomic E-state index is 12.4. The lowest BCUT2D eigenvalue weighted by atomic mass is 9.99. The molecule has 3 heterocycles. The monoisotopic (exact) mass is 301 g/mol. The number of nitriles is 1. The number of hydrogen-bond acceptors (Lipinski definition) is 5. The van der Waals surface area contributed by atoms with Gasteiger partial charge >= 0.3 is 6.09 Å². The molecule has 6 nitrogen and oxygen atoms in total. The average Bonchev–Trinajstić information content (AvgIpc) is 2.75. The van der Waals surface area contributed by atoms with E-state index in [-0.39, 0.29) is 18.2 Å². The summed E-state index contributed by atoms with van der Waals surface area (Å²) in [6, 6.07) is 2.02. The van der Waals surface area contributed by atoms with Crippen molar-refractivity contribution in [2.45, 2.75) is 51.9 Å². The van der Waals surface area contributed by atoms with Gasteiger partial charge < -0.3 is 9.47 Å². The number of carbonyl (C=O) groups excluding carboxylic acids is 1. The minimum Gasteiger partial charge on any atom is -0.487 e. The molecule has 0 aliphatic carbocycles. The van der Waals surface area contributed by atoms with Gasteiger partial charge in [-0.2, -0.15) is 5.26 Å². The van der Waals surface area contributed by atoms with E-state index in [1.165, 1.54) is 0 Å². The summed E-state index contributed by atoms with van der Waals surface area (Å²) in [6.45, 7) is 7.78. The van der Waals surface area contributed by atoms with Crippen molar-refractivity contribution in [3.63, 3.8) is 0 Å². The van der Waals surface area contributed by atoms with Crippen molar-refractivity contribution in [2.75, 3.05) is 6.54 Å². The minimum absolute atomic E-state index is 0.0982. The highest BCUT2D eigenvalue weighted by atomic mass is 16.6. The zero-order valence-electron chi connectivity index (χ0n) is 13.2. The van der Waals surface area contributed by atoms with E-state index in [0.29, 0.717) is 30.0 Å². The van der Waals surface area contributed by atoms with Crippen LogP contribution in [0.15, 0.2) is 6.20 Å². The third-order valence-electron chi connectivity index (χ3n) is 3.89. The van der Waals surface area contributed by atoms with Gasteiger partial charge in [-0.3, -0.25) is 9.88 Å². The summed E-state index contributed by atoms with van der Waals surface area (Å²) < 4.78 is 11.4. The van der Waals surface area contributed by atoms with Crippen LogP contribution < -0.4 is 4.74 Å². The van der Waals surface area contributed by atoms with Crippen molar-refractivity contribution < 1.29 is 14.3 Å². The molecule has 0 N–H and O–H groups in total. The minimum atomic E-state index is -0.541. The molecule has 1 amide bonds. The number of ether oxygens (including phenoxy) is 2. The van der Waals surface area contributed by atoms with Crippen LogP contribution in [0.3, 0.4) is 0 Å². The fourth-order valence-corrected chi connectivity index (χ4v) is 2.96. The number of likely N-dealkylation sites (tertiary alicyclic amines) is 1. The van der Waals surface area contributed by atoms with Crippen LogP contribution in [0.25, 0.3) is 0 Å². The topological polar surface area (TPSA) is 75.5 Å². The fraction of sp³-hybridized carbons (Fsp3) is 0.562. The van der Waals surface area contributed by atoms with Gasteiger partial charge in [0.1, 0.15) is 29.1 Å². The van der Waals surface area contributed by atoms with Crippen molar-refractivity contribution in [2.24, 2.45) is 0 Å². The molecular weight excluding hydrogens is 282 g/mol. The Kier molecular flexibility index (Phi) is 3.24. The number of pyridine rings is 1. The van der Waals surface area contributed by atoms with Gasteiger partial charge in [0.25, 0.3) is 0 Å². The van der Waals surface area contributed by atoms with Gasteiger partial charge in [0.05, 0.1) is 18.3 Å². The molecule has 0 aromatic carbocycles. The SMILES string of the molecule is Cc1ncc2c(c1C#N)O[C@H]1C[C@@H]2N(C(=O)OC(C)(C)C)C1. The lowest BCUT2D eigenvalue weighted by Gasteiger charge is -2.29. The molecule has 1 aromatic heterocycles. The smallest absolute Gasteiger partial charge is 0.410 e. The molecule has 0 spiro atoms. The second kappa shape index (κ2) is 4.87. The zero-order chi connectivity index (χ0) is 16.1. The predicted molar refractivity (Wildman–Crippen MR) is 78.4 cm³/mol. The molecule has 2 aliphatic heterocycles. The first-order valence-corrected chi connectivity index (χ1v) is 7.36. The summed E-state index contributed by atoms with van der Waals surface area (Å²) in [7, 11) is 0. The number of carbonyl (C=O) groups is 1. The molecule has 6 heteroatoms. The second-order valence-corrected chi connectivity index (χ2v) is 6.74. The summed E-state index contributed by atoms with van der Waals surface area (Å²) in [5, 5.41) is 9.32. The Labute approximate surface area is 129 Å². The molecule has 2 atom stereocenters. The van der Waals surface area contributed by atoms with Crippen LogP contribution in [0.4, 0.5) is 4.79 Å². The van der Waals surface area contributed by atoms with Crippen LogP contribution in [0.5, 0.6) is 5.75 Å². The summed E-state index contributed by atoms with van der Waals surface area (Å²) in [4.78, 5) is 18.3. The van der Waals surface area contributed by atoms with Gasteiger partial charge in [0.2, 0.25) is 0 Å². The molecule has 2 aliphatic rings. The largest absolute Gasteiger partial charge is 0.487 e. The highest BCUT2D eigenvalue weighted by molar-refractivity contribution is 5.70. The molecule has 0 unspecified atom stereocenters. The molecule has 3 rings (SSSR count). The first-order chi connectivity index (χ1) is 10.3. The number of aromatic nitrogens is 1. The summed E-state index contributed by atoms with van der Waals surface area (Å²) >= 11 is 0. The van der Waals surface area contributed by atoms with E-state index in [2.05, 4.69) is 11.1 Å². The van der Waals surface area contributed by atoms with E-state index < -0.39 is 5.60 Å². The first-order valence-electron chi connectivity index (χ1n) is 7.36. The van der Waals surface area contributed by atoms with Crippen LogP contribution in [-0.2, 0) is 4.74 Å². The molecule has 0 radical (unpaired) electrons. The van der Waals surface area contributed by atoms with E-state index in [9.17, 15) is 10.1 Å². The Morgan fingerprint density at radius 3 is 2.91 bits per heavy atom. The molecule has 0 saturated carbocycles. The first kappa shape index (κ1) is 14.6. The van der Waals surface area contributed by atoms with Crippen molar-refractivity contribution in [1.29, 1.82) is 5.26 Å². The number of amides is 1. The quantitative estimate of drug-likeness (QED) is 0.736. The second-order valence-electron chi connectivity index (χ2n) is 6.74. The van der Waals surface area contributed by atoms with Gasteiger partial charge in [0.15, 0.2) is 0 Å². The molecule has 1 fully saturated rings. The fourth-order valence-electron chi connectivity index (χ4n) is 2.96. The Morgan fingerprint density at radius 1 is 1.55 bits per heavy atom. The van der Waals surface area contributed by atoms with E-state index >= 15 is 0 Å². The summed E-state index contributed by atoms with van der Waals surface area (Å²) in [5.41, 5.74) is 1.35. The molecule has 1 saturated heterocycles. The van der Waals surface area contributed by atoms with Crippen LogP contribution in [-0.4, -0.2) is 34.2 Å². The normalized spacial score (nSPS) is 22.6. The van der Waals surface area contributed by atoms with Crippen molar-refractivity contribution in [3.8, 4) is 11.8 Å². The van der Waals surface area contributed by atoms with Crippen molar-refractivity contribution in [1.82, 2.24) is 9.88 Å². The predicted octanol–water partition coefficient (Wildman–Crippen LogP) is 2.70. The number of nitrogens with zero attached hydrogens (tertiary/aromatic N) is 3.